The molecule has 0 radical (unpaired) electrons. The summed E-state index contributed by atoms with van der Waals surface area (Å²) in [5, 5.41) is 12.1. The van der Waals surface area contributed by atoms with Crippen molar-refractivity contribution in [3.8, 4) is 22.4 Å². The van der Waals surface area contributed by atoms with E-state index in [1.165, 1.54) is 49.5 Å². The van der Waals surface area contributed by atoms with Gasteiger partial charge in [-0.05, 0) is 48.1 Å². The molecule has 158 valence electrons. The van der Waals surface area contributed by atoms with Gasteiger partial charge in [0.2, 0.25) is 10.9 Å². The third-order valence-electron chi connectivity index (χ3n) is 4.62. The summed E-state index contributed by atoms with van der Waals surface area (Å²) in [6, 6.07) is 3.37. The van der Waals surface area contributed by atoms with E-state index in [9.17, 15) is 9.59 Å². The lowest BCUT2D eigenvalue weighted by Crippen LogP contribution is -2.47. The Balaban J connectivity index is 1.94. The van der Waals surface area contributed by atoms with Crippen LogP contribution in [0.2, 0.25) is 0 Å². The Morgan fingerprint density at radius 3 is 2.26 bits per heavy atom. The Kier molecular flexibility index (Phi) is 5.30. The zero-order chi connectivity index (χ0) is 22.1. The fourth-order valence-corrected chi connectivity index (χ4v) is 4.04. The van der Waals surface area contributed by atoms with Gasteiger partial charge in [0.05, 0.1) is 26.5 Å². The minimum absolute atomic E-state index is 0.0494. The Bertz CT molecular complexity index is 1410. The van der Waals surface area contributed by atoms with Crippen molar-refractivity contribution in [2.24, 2.45) is 0 Å². The minimum atomic E-state index is -0.532. The topological polar surface area (TPSA) is 119 Å². The molecule has 0 unspecified atom stereocenters. The lowest BCUT2D eigenvalue weighted by Gasteiger charge is -2.12. The zero-order valence-electron chi connectivity index (χ0n) is 16.9. The van der Waals surface area contributed by atoms with Crippen LogP contribution < -0.4 is 35.1 Å². The monoisotopic (exact) mass is 438 g/mol. The van der Waals surface area contributed by atoms with E-state index in [-0.39, 0.29) is 16.5 Å². The van der Waals surface area contributed by atoms with Crippen molar-refractivity contribution in [2.45, 2.75) is 0 Å². The Morgan fingerprint density at radius 1 is 1.03 bits per heavy atom. The second kappa shape index (κ2) is 8.07. The molecule has 1 aromatic rings. The van der Waals surface area contributed by atoms with Gasteiger partial charge in [0, 0.05) is 5.57 Å². The lowest BCUT2D eigenvalue weighted by atomic mass is 10.1. The highest BCUT2D eigenvalue weighted by Gasteiger charge is 2.15. The Labute approximate surface area is 179 Å². The number of ketones is 1. The van der Waals surface area contributed by atoms with Crippen LogP contribution in [0.15, 0.2) is 41.2 Å². The molecule has 0 amide bonds. The van der Waals surface area contributed by atoms with E-state index in [0.29, 0.717) is 32.6 Å². The maximum Gasteiger partial charge on any atom is 0.283 e. The van der Waals surface area contributed by atoms with Gasteiger partial charge in [-0.15, -0.1) is 0 Å². The molecule has 1 aromatic carbocycles. The summed E-state index contributed by atoms with van der Waals surface area (Å²) in [6.07, 6.45) is 7.81. The van der Waals surface area contributed by atoms with E-state index in [4.69, 9.17) is 19.6 Å². The number of methoxy groups -OCH3 is 3. The number of aromatic nitrogens is 3. The fourth-order valence-electron chi connectivity index (χ4n) is 3.11. The van der Waals surface area contributed by atoms with Crippen LogP contribution >= 0.6 is 11.3 Å². The van der Waals surface area contributed by atoms with E-state index in [2.05, 4.69) is 10.1 Å². The predicted octanol–water partition coefficient (Wildman–Crippen LogP) is 0.240. The Morgan fingerprint density at radius 2 is 1.68 bits per heavy atom. The molecule has 0 saturated heterocycles. The molecule has 2 heterocycles. The summed E-state index contributed by atoms with van der Waals surface area (Å²) < 4.78 is 18.1. The number of carbonyl (C=O) groups is 1. The largest absolute Gasteiger partial charge is 0.493 e. The summed E-state index contributed by atoms with van der Waals surface area (Å²) in [7, 11) is 4.51. The number of hydrogen-bond donors (Lipinski definition) is 2. The molecule has 4 rings (SSSR count). The third kappa shape index (κ3) is 3.68. The smallest absolute Gasteiger partial charge is 0.283 e. The number of H-pyrrole nitrogens is 1. The number of ether oxygens (including phenoxy) is 3. The highest BCUT2D eigenvalue weighted by atomic mass is 32.1. The minimum Gasteiger partial charge on any atom is -0.493 e. The highest BCUT2D eigenvalue weighted by molar-refractivity contribution is 7.11. The van der Waals surface area contributed by atoms with Crippen molar-refractivity contribution in [2.75, 3.05) is 21.3 Å². The first kappa shape index (κ1) is 20.4. The number of nitrogens with zero attached hydrogens (tertiary/aromatic N) is 2. The Hall–Kier alpha value is -3.92. The molecule has 0 aromatic heterocycles. The van der Waals surface area contributed by atoms with Crippen molar-refractivity contribution in [3.05, 3.63) is 67.7 Å². The van der Waals surface area contributed by atoms with Crippen LogP contribution in [0.3, 0.4) is 0 Å². The van der Waals surface area contributed by atoms with Gasteiger partial charge in [0.15, 0.2) is 22.8 Å². The molecule has 9 nitrogen and oxygen atoms in total. The number of aromatic amines is 1. The molecule has 0 saturated carbocycles. The molecular weight excluding hydrogens is 420 g/mol. The van der Waals surface area contributed by atoms with Crippen molar-refractivity contribution in [1.82, 2.24) is 14.8 Å². The van der Waals surface area contributed by atoms with Crippen LogP contribution in [0.25, 0.3) is 16.8 Å². The molecule has 3 aliphatic rings. The van der Waals surface area contributed by atoms with Crippen molar-refractivity contribution in [1.29, 1.82) is 5.41 Å². The fraction of sp³-hybridized carbons (Fsp3) is 0.143. The molecule has 31 heavy (non-hydrogen) atoms. The SMILES string of the molecule is COc1cc(C=c2c(=O)nc3sc(=C4C=CC(=O)C=C4)[nH]n-3c2=N)cc(OC)c1OC. The van der Waals surface area contributed by atoms with Crippen molar-refractivity contribution in [3.63, 3.8) is 0 Å². The molecule has 0 atom stereocenters. The quantitative estimate of drug-likeness (QED) is 0.602. The van der Waals surface area contributed by atoms with Gasteiger partial charge in [-0.25, -0.2) is 4.68 Å². The molecule has 0 spiro atoms. The van der Waals surface area contributed by atoms with Gasteiger partial charge in [-0.2, -0.15) is 4.98 Å². The lowest BCUT2D eigenvalue weighted by molar-refractivity contribution is -0.110. The highest BCUT2D eigenvalue weighted by Crippen LogP contribution is 2.38. The van der Waals surface area contributed by atoms with Crippen LogP contribution in [0.4, 0.5) is 0 Å². The average molecular weight is 438 g/mol. The van der Waals surface area contributed by atoms with Crippen LogP contribution in [-0.4, -0.2) is 41.9 Å². The average Bonchev–Trinajstić information content (AvgIpc) is 3.20. The molecular formula is C21H18N4O5S. The number of fused-ring (bicyclic) bond motifs is 1. The molecule has 2 N–H and O–H groups in total. The number of carbonyl (C=O) groups excluding carboxylic acids is 1. The first-order valence-corrected chi connectivity index (χ1v) is 9.89. The predicted molar refractivity (Wildman–Crippen MR) is 115 cm³/mol. The summed E-state index contributed by atoms with van der Waals surface area (Å²) in [5.74, 6) is 1.19. The van der Waals surface area contributed by atoms with Crippen molar-refractivity contribution < 1.29 is 19.0 Å². The number of rotatable bonds is 4. The van der Waals surface area contributed by atoms with Crippen LogP contribution in [-0.2, 0) is 4.79 Å². The summed E-state index contributed by atoms with van der Waals surface area (Å²) >= 11 is 1.22. The summed E-state index contributed by atoms with van der Waals surface area (Å²) in [4.78, 5) is 28.1. The number of nitrogens with one attached hydrogen (secondary N) is 2. The normalized spacial score (nSPS) is 13.8. The first-order valence-electron chi connectivity index (χ1n) is 9.08. The molecule has 2 aliphatic heterocycles. The zero-order valence-corrected chi connectivity index (χ0v) is 17.7. The molecule has 10 heteroatoms. The molecule has 1 aliphatic carbocycles. The third-order valence-corrected chi connectivity index (χ3v) is 5.61. The van der Waals surface area contributed by atoms with Crippen LogP contribution in [0, 0.1) is 5.41 Å². The van der Waals surface area contributed by atoms with E-state index in [1.54, 1.807) is 30.4 Å². The maximum absolute atomic E-state index is 12.7. The molecule has 0 fully saturated rings. The summed E-state index contributed by atoms with van der Waals surface area (Å²) in [5.41, 5.74) is 0.766. The van der Waals surface area contributed by atoms with Crippen molar-refractivity contribution >= 4 is 28.8 Å². The maximum atomic E-state index is 12.7. The van der Waals surface area contributed by atoms with Gasteiger partial charge in [0.25, 0.3) is 5.56 Å². The van der Waals surface area contributed by atoms with Crippen LogP contribution in [0.1, 0.15) is 5.56 Å². The first-order chi connectivity index (χ1) is 14.9. The second-order valence-electron chi connectivity index (χ2n) is 6.47. The van der Waals surface area contributed by atoms with Gasteiger partial charge < -0.3 is 14.2 Å². The summed E-state index contributed by atoms with van der Waals surface area (Å²) in [6.45, 7) is 0. The van der Waals surface area contributed by atoms with Gasteiger partial charge in [-0.1, -0.05) is 11.3 Å². The van der Waals surface area contributed by atoms with Gasteiger partial charge in [0.1, 0.15) is 4.66 Å². The second-order valence-corrected chi connectivity index (χ2v) is 7.45. The van der Waals surface area contributed by atoms with E-state index >= 15 is 0 Å². The standard InChI is InChI=1S/C21H18N4O5S/c1-28-15-9-11(10-16(29-2)17(15)30-3)8-14-18(22)25-21(23-19(14)27)31-20(24-25)12-4-6-13(26)7-5-12/h4-10,22,24H,1-3H3. The van der Waals surface area contributed by atoms with Crippen LogP contribution in [0.5, 0.6) is 17.2 Å². The van der Waals surface area contributed by atoms with E-state index in [0.717, 1.165) is 5.57 Å². The number of allylic oxidation sites excluding steroid dienone is 4. The number of benzene rings is 1. The van der Waals surface area contributed by atoms with Gasteiger partial charge >= 0.3 is 0 Å². The molecule has 0 bridgehead atoms. The van der Waals surface area contributed by atoms with Gasteiger partial charge in [-0.3, -0.25) is 20.1 Å². The van der Waals surface area contributed by atoms with E-state index < -0.39 is 5.56 Å². The number of hydrogen-bond acceptors (Lipinski definition) is 8. The van der Waals surface area contributed by atoms with E-state index in [1.807, 2.05) is 0 Å².